The number of rotatable bonds is 4. The molecule has 2 rings (SSSR count). The average Bonchev–Trinajstić information content (AvgIpc) is 2.92. The second kappa shape index (κ2) is 3.82. The highest BCUT2D eigenvalue weighted by Gasteiger charge is 2.50. The van der Waals surface area contributed by atoms with Gasteiger partial charge in [0.2, 0.25) is 0 Å². The second-order valence-corrected chi connectivity index (χ2v) is 4.71. The first-order valence-corrected chi connectivity index (χ1v) is 5.63. The first kappa shape index (κ1) is 11.0. The number of carboxylic acid groups (broad SMARTS) is 1. The van der Waals surface area contributed by atoms with E-state index in [-0.39, 0.29) is 12.5 Å². The smallest absolute Gasteiger partial charge is 0.311 e. The van der Waals surface area contributed by atoms with Crippen molar-refractivity contribution in [2.75, 3.05) is 6.54 Å². The van der Waals surface area contributed by atoms with Crippen molar-refractivity contribution in [3.8, 4) is 0 Å². The minimum absolute atomic E-state index is 0.179. The molecule has 1 amide bonds. The summed E-state index contributed by atoms with van der Waals surface area (Å²) in [6.45, 7) is 1.88. The molecule has 0 bridgehead atoms. The Balaban J connectivity index is 1.95. The van der Waals surface area contributed by atoms with Crippen molar-refractivity contribution < 1.29 is 14.7 Å². The van der Waals surface area contributed by atoms with Gasteiger partial charge in [-0.2, -0.15) is 0 Å². The first-order chi connectivity index (χ1) is 7.55. The molecule has 0 spiro atoms. The third kappa shape index (κ3) is 1.90. The van der Waals surface area contributed by atoms with Gasteiger partial charge in [0.05, 0.1) is 11.1 Å². The maximum absolute atomic E-state index is 11.7. The zero-order valence-electron chi connectivity index (χ0n) is 8.69. The van der Waals surface area contributed by atoms with E-state index in [4.69, 9.17) is 5.11 Å². The second-order valence-electron chi connectivity index (χ2n) is 3.96. The van der Waals surface area contributed by atoms with E-state index in [0.717, 1.165) is 11.5 Å². The predicted molar refractivity (Wildman–Crippen MR) is 56.3 cm³/mol. The largest absolute Gasteiger partial charge is 0.481 e. The molecule has 1 fully saturated rings. The number of carboxylic acids is 1. The van der Waals surface area contributed by atoms with E-state index < -0.39 is 11.4 Å². The lowest BCUT2D eigenvalue weighted by Gasteiger charge is -2.10. The van der Waals surface area contributed by atoms with Gasteiger partial charge >= 0.3 is 5.97 Å². The molecule has 86 valence electrons. The summed E-state index contributed by atoms with van der Waals surface area (Å²) in [4.78, 5) is 23.0. The maximum atomic E-state index is 11.7. The van der Waals surface area contributed by atoms with Crippen molar-refractivity contribution in [2.24, 2.45) is 5.41 Å². The summed E-state index contributed by atoms with van der Waals surface area (Å²) in [5.74, 6) is -1.13. The molecule has 0 unspecified atom stereocenters. The van der Waals surface area contributed by atoms with Crippen LogP contribution < -0.4 is 5.32 Å². The Morgan fingerprint density at radius 3 is 2.69 bits per heavy atom. The summed E-state index contributed by atoms with van der Waals surface area (Å²) in [7, 11) is 0. The van der Waals surface area contributed by atoms with Gasteiger partial charge in [-0.15, -0.1) is 5.10 Å². The van der Waals surface area contributed by atoms with Gasteiger partial charge in [0.15, 0.2) is 0 Å². The summed E-state index contributed by atoms with van der Waals surface area (Å²) in [6, 6.07) is 0. The van der Waals surface area contributed by atoms with Gasteiger partial charge < -0.3 is 10.4 Å². The molecule has 0 saturated heterocycles. The number of aryl methyl sites for hydroxylation is 1. The van der Waals surface area contributed by atoms with Crippen molar-refractivity contribution in [3.63, 3.8) is 0 Å². The van der Waals surface area contributed by atoms with Crippen molar-refractivity contribution in [1.82, 2.24) is 14.9 Å². The van der Waals surface area contributed by atoms with Crippen molar-refractivity contribution in [3.05, 3.63) is 10.6 Å². The Kier molecular flexibility index (Phi) is 2.63. The highest BCUT2D eigenvalue weighted by Crippen LogP contribution is 2.45. The third-order valence-corrected chi connectivity index (χ3v) is 3.58. The van der Waals surface area contributed by atoms with Crippen LogP contribution in [0.15, 0.2) is 0 Å². The number of nitrogens with one attached hydrogen (secondary N) is 1. The van der Waals surface area contributed by atoms with Crippen LogP contribution in [0.3, 0.4) is 0 Å². The summed E-state index contributed by atoms with van der Waals surface area (Å²) in [5, 5.41) is 15.3. The molecule has 1 aromatic rings. The van der Waals surface area contributed by atoms with Crippen molar-refractivity contribution in [1.29, 1.82) is 0 Å². The molecule has 1 saturated carbocycles. The Bertz CT molecular complexity index is 439. The molecule has 0 atom stereocenters. The van der Waals surface area contributed by atoms with Gasteiger partial charge in [-0.25, -0.2) is 0 Å². The molecular formula is C9H11N3O3S. The molecular weight excluding hydrogens is 230 g/mol. The molecule has 7 heteroatoms. The fourth-order valence-electron chi connectivity index (χ4n) is 1.39. The monoisotopic (exact) mass is 241 g/mol. The molecule has 1 aliphatic rings. The van der Waals surface area contributed by atoms with Crippen LogP contribution in [0.4, 0.5) is 0 Å². The molecule has 1 aromatic heterocycles. The Morgan fingerprint density at radius 1 is 1.56 bits per heavy atom. The van der Waals surface area contributed by atoms with Crippen LogP contribution in [0.2, 0.25) is 0 Å². The van der Waals surface area contributed by atoms with Crippen LogP contribution in [-0.2, 0) is 4.79 Å². The van der Waals surface area contributed by atoms with Crippen LogP contribution >= 0.6 is 11.5 Å². The van der Waals surface area contributed by atoms with Crippen LogP contribution in [0.1, 0.15) is 28.2 Å². The number of amides is 1. The number of aliphatic carboxylic acids is 1. The highest BCUT2D eigenvalue weighted by atomic mass is 32.1. The number of nitrogens with zero attached hydrogens (tertiary/aromatic N) is 2. The molecule has 16 heavy (non-hydrogen) atoms. The first-order valence-electron chi connectivity index (χ1n) is 4.86. The van der Waals surface area contributed by atoms with Gasteiger partial charge in [0.25, 0.3) is 5.91 Å². The number of carbonyl (C=O) groups excluding carboxylic acids is 1. The van der Waals surface area contributed by atoms with E-state index in [0.29, 0.717) is 23.4 Å². The maximum Gasteiger partial charge on any atom is 0.311 e. The number of hydrogen-bond acceptors (Lipinski definition) is 5. The van der Waals surface area contributed by atoms with Gasteiger partial charge in [0.1, 0.15) is 4.88 Å². The molecule has 0 aromatic carbocycles. The number of carbonyl (C=O) groups is 2. The Morgan fingerprint density at radius 2 is 2.25 bits per heavy atom. The number of hydrogen-bond donors (Lipinski definition) is 2. The molecule has 1 aliphatic carbocycles. The van der Waals surface area contributed by atoms with Gasteiger partial charge in [-0.1, -0.05) is 4.49 Å². The minimum atomic E-state index is -0.841. The van der Waals surface area contributed by atoms with E-state index in [9.17, 15) is 9.59 Å². The summed E-state index contributed by atoms with van der Waals surface area (Å²) in [5.41, 5.74) is -0.163. The topological polar surface area (TPSA) is 92.2 Å². The molecule has 6 nitrogen and oxygen atoms in total. The van der Waals surface area contributed by atoms with Crippen molar-refractivity contribution in [2.45, 2.75) is 19.8 Å². The van der Waals surface area contributed by atoms with E-state index in [1.165, 1.54) is 0 Å². The molecule has 0 aliphatic heterocycles. The Hall–Kier alpha value is -1.50. The van der Waals surface area contributed by atoms with Crippen LogP contribution in [0.25, 0.3) is 0 Å². The summed E-state index contributed by atoms with van der Waals surface area (Å²) >= 11 is 1.02. The fraction of sp³-hybridized carbons (Fsp3) is 0.556. The van der Waals surface area contributed by atoms with Gasteiger partial charge in [-0.3, -0.25) is 9.59 Å². The van der Waals surface area contributed by atoms with Crippen molar-refractivity contribution >= 4 is 23.4 Å². The minimum Gasteiger partial charge on any atom is -0.481 e. The van der Waals surface area contributed by atoms with Crippen LogP contribution in [-0.4, -0.2) is 33.1 Å². The predicted octanol–water partition coefficient (Wildman–Crippen LogP) is 0.441. The summed E-state index contributed by atoms with van der Waals surface area (Å²) in [6.07, 6.45) is 1.26. The van der Waals surface area contributed by atoms with Gasteiger partial charge in [-0.05, 0) is 31.3 Å². The highest BCUT2D eigenvalue weighted by molar-refractivity contribution is 7.07. The van der Waals surface area contributed by atoms with E-state index in [1.54, 1.807) is 6.92 Å². The lowest BCUT2D eigenvalue weighted by atomic mass is 10.1. The zero-order chi connectivity index (χ0) is 11.8. The zero-order valence-corrected chi connectivity index (χ0v) is 9.50. The molecule has 0 radical (unpaired) electrons. The third-order valence-electron chi connectivity index (χ3n) is 2.75. The van der Waals surface area contributed by atoms with Gasteiger partial charge in [0, 0.05) is 6.54 Å². The number of aromatic nitrogens is 2. The van der Waals surface area contributed by atoms with E-state index in [1.807, 2.05) is 0 Å². The molecule has 2 N–H and O–H groups in total. The average molecular weight is 241 g/mol. The normalized spacial score (nSPS) is 16.8. The Labute approximate surface area is 95.8 Å². The lowest BCUT2D eigenvalue weighted by molar-refractivity contribution is -0.143. The van der Waals surface area contributed by atoms with Crippen LogP contribution in [0.5, 0.6) is 0 Å². The standard InChI is InChI=1S/C9H11N3O3S/c1-5-6(16-12-11-5)7(13)10-4-9(2-3-9)8(14)15/h2-4H2,1H3,(H,10,13)(H,14,15). The fourth-order valence-corrected chi connectivity index (χ4v) is 1.96. The lowest BCUT2D eigenvalue weighted by Crippen LogP contribution is -2.34. The van der Waals surface area contributed by atoms with Crippen LogP contribution in [0, 0.1) is 12.3 Å². The quantitative estimate of drug-likeness (QED) is 0.798. The van der Waals surface area contributed by atoms with E-state index in [2.05, 4.69) is 14.9 Å². The molecule has 1 heterocycles. The SMILES string of the molecule is Cc1nnsc1C(=O)NCC1(C(=O)O)CC1. The van der Waals surface area contributed by atoms with E-state index >= 15 is 0 Å². The summed E-state index contributed by atoms with van der Waals surface area (Å²) < 4.78 is 3.65.